The fourth-order valence-electron chi connectivity index (χ4n) is 2.95. The van der Waals surface area contributed by atoms with Crippen molar-refractivity contribution in [1.82, 2.24) is 9.97 Å². The highest BCUT2D eigenvalue weighted by Crippen LogP contribution is 2.39. The second-order valence-corrected chi connectivity index (χ2v) is 5.64. The van der Waals surface area contributed by atoms with Crippen LogP contribution < -0.4 is 10.2 Å². The van der Waals surface area contributed by atoms with E-state index < -0.39 is 30.5 Å². The smallest absolute Gasteiger partial charge is 0.394 e. The average molecular weight is 340 g/mol. The highest BCUT2D eigenvalue weighted by molar-refractivity contribution is 5.90. The second-order valence-electron chi connectivity index (χ2n) is 5.64. The summed E-state index contributed by atoms with van der Waals surface area (Å²) in [6.07, 6.45) is -4.58. The average Bonchev–Trinajstić information content (AvgIpc) is 2.99. The summed E-state index contributed by atoms with van der Waals surface area (Å²) < 4.78 is 39.3. The molecule has 0 unspecified atom stereocenters. The van der Waals surface area contributed by atoms with Crippen LogP contribution in [0, 0.1) is 11.8 Å². The van der Waals surface area contributed by atoms with E-state index in [-0.39, 0.29) is 12.5 Å². The number of aliphatic carboxylic acids is 1. The Kier molecular flexibility index (Phi) is 3.94. The van der Waals surface area contributed by atoms with Gasteiger partial charge in [-0.1, -0.05) is 12.1 Å². The van der Waals surface area contributed by atoms with Gasteiger partial charge in [0.2, 0.25) is 5.95 Å². The van der Waals surface area contributed by atoms with Crippen molar-refractivity contribution in [1.29, 1.82) is 0 Å². The van der Waals surface area contributed by atoms with Crippen LogP contribution in [0.1, 0.15) is 0 Å². The molecule has 3 rings (SSSR count). The molecule has 128 valence electrons. The zero-order valence-corrected chi connectivity index (χ0v) is 12.7. The van der Waals surface area contributed by atoms with Crippen molar-refractivity contribution < 1.29 is 23.1 Å². The summed E-state index contributed by atoms with van der Waals surface area (Å²) in [5.41, 5.74) is 0.578. The third-order valence-corrected chi connectivity index (χ3v) is 4.17. The third-order valence-electron chi connectivity index (χ3n) is 4.17. The van der Waals surface area contributed by atoms with Gasteiger partial charge >= 0.3 is 12.1 Å². The summed E-state index contributed by atoms with van der Waals surface area (Å²) in [4.78, 5) is 21.0. The van der Waals surface area contributed by atoms with Gasteiger partial charge in [-0.2, -0.15) is 18.2 Å². The van der Waals surface area contributed by atoms with E-state index in [4.69, 9.17) is 5.11 Å². The van der Waals surface area contributed by atoms with Crippen molar-refractivity contribution in [3.8, 4) is 0 Å². The number of aromatic nitrogens is 2. The highest BCUT2D eigenvalue weighted by Gasteiger charge is 2.53. The molecule has 6 nitrogen and oxygen atoms in total. The summed E-state index contributed by atoms with van der Waals surface area (Å²) in [6, 6.07) is 7.10. The Morgan fingerprint density at radius 2 is 2.00 bits per heavy atom. The first-order valence-corrected chi connectivity index (χ1v) is 7.30. The second kappa shape index (κ2) is 5.81. The van der Waals surface area contributed by atoms with Crippen LogP contribution in [0.5, 0.6) is 0 Å². The summed E-state index contributed by atoms with van der Waals surface area (Å²) in [6.45, 7) is -0.747. The lowest BCUT2D eigenvalue weighted by Gasteiger charge is -2.19. The van der Waals surface area contributed by atoms with Gasteiger partial charge in [0.25, 0.3) is 0 Å². The van der Waals surface area contributed by atoms with Crippen LogP contribution in [0.2, 0.25) is 0 Å². The lowest BCUT2D eigenvalue weighted by Crippen LogP contribution is -2.33. The van der Waals surface area contributed by atoms with Crippen LogP contribution in [-0.4, -0.2) is 47.4 Å². The maximum atomic E-state index is 13.1. The molecule has 9 heteroatoms. The molecule has 0 radical (unpaired) electrons. The van der Waals surface area contributed by atoms with Crippen molar-refractivity contribution in [2.45, 2.75) is 6.18 Å². The molecule has 0 bridgehead atoms. The van der Waals surface area contributed by atoms with Crippen molar-refractivity contribution in [3.63, 3.8) is 0 Å². The molecule has 0 aliphatic carbocycles. The maximum absolute atomic E-state index is 13.1. The number of para-hydroxylation sites is 1. The normalized spacial score (nSPS) is 21.2. The van der Waals surface area contributed by atoms with Crippen LogP contribution in [-0.2, 0) is 4.79 Å². The van der Waals surface area contributed by atoms with Gasteiger partial charge in [0.15, 0.2) is 0 Å². The van der Waals surface area contributed by atoms with Gasteiger partial charge in [0, 0.05) is 25.5 Å². The molecule has 2 atom stereocenters. The molecular formula is C15H15F3N4O2. The molecule has 1 aliphatic heterocycles. The van der Waals surface area contributed by atoms with E-state index >= 15 is 0 Å². The number of anilines is 2. The minimum absolute atomic E-state index is 0.0936. The number of nitrogens with zero attached hydrogens (tertiary/aromatic N) is 3. The molecule has 1 aromatic carbocycles. The Hall–Kier alpha value is -2.58. The SMILES string of the molecule is CNc1nc(N2C[C@@H](C(F)(F)F)[C@H](C(=O)O)C2)nc2ccccc12. The van der Waals surface area contributed by atoms with Gasteiger partial charge in [-0.25, -0.2) is 4.98 Å². The minimum Gasteiger partial charge on any atom is -0.481 e. The van der Waals surface area contributed by atoms with Crippen molar-refractivity contribution >= 4 is 28.6 Å². The molecular weight excluding hydrogens is 325 g/mol. The third kappa shape index (κ3) is 2.81. The molecule has 0 saturated carbocycles. The van der Waals surface area contributed by atoms with E-state index in [1.807, 2.05) is 6.07 Å². The van der Waals surface area contributed by atoms with Gasteiger partial charge in [0.05, 0.1) is 17.4 Å². The predicted octanol–water partition coefficient (Wildman–Crippen LogP) is 2.37. The minimum atomic E-state index is -4.58. The Morgan fingerprint density at radius 1 is 1.29 bits per heavy atom. The zero-order chi connectivity index (χ0) is 17.5. The topological polar surface area (TPSA) is 78.4 Å². The monoisotopic (exact) mass is 340 g/mol. The quantitative estimate of drug-likeness (QED) is 0.893. The molecule has 2 heterocycles. The standard InChI is InChI=1S/C15H15F3N4O2/c1-19-12-8-4-2-3-5-11(8)20-14(21-12)22-6-9(13(23)24)10(7-22)15(16,17)18/h2-5,9-10H,6-7H2,1H3,(H,23,24)(H,19,20,21)/t9-,10-/m1/s1. The van der Waals surface area contributed by atoms with Gasteiger partial charge in [-0.3, -0.25) is 4.79 Å². The zero-order valence-electron chi connectivity index (χ0n) is 12.7. The number of halogens is 3. The molecule has 2 N–H and O–H groups in total. The molecule has 1 aliphatic rings. The van der Waals surface area contributed by atoms with E-state index in [2.05, 4.69) is 15.3 Å². The number of nitrogens with one attached hydrogen (secondary N) is 1. The first-order valence-electron chi connectivity index (χ1n) is 7.30. The number of benzene rings is 1. The number of hydrogen-bond acceptors (Lipinski definition) is 5. The van der Waals surface area contributed by atoms with Crippen LogP contribution >= 0.6 is 0 Å². The summed E-state index contributed by atoms with van der Waals surface area (Å²) in [7, 11) is 1.65. The largest absolute Gasteiger partial charge is 0.481 e. The lowest BCUT2D eigenvalue weighted by molar-refractivity contribution is -0.187. The van der Waals surface area contributed by atoms with E-state index in [9.17, 15) is 18.0 Å². The molecule has 1 aromatic heterocycles. The fraction of sp³-hybridized carbons (Fsp3) is 0.400. The van der Waals surface area contributed by atoms with E-state index in [1.165, 1.54) is 4.90 Å². The first-order chi connectivity index (χ1) is 11.3. The lowest BCUT2D eigenvalue weighted by atomic mass is 9.96. The van der Waals surface area contributed by atoms with Gasteiger partial charge in [-0.05, 0) is 12.1 Å². The fourth-order valence-corrected chi connectivity index (χ4v) is 2.95. The van der Waals surface area contributed by atoms with E-state index in [0.717, 1.165) is 5.39 Å². The Morgan fingerprint density at radius 3 is 2.58 bits per heavy atom. The Bertz CT molecular complexity index is 781. The number of carboxylic acids is 1. The number of fused-ring (bicyclic) bond motifs is 1. The van der Waals surface area contributed by atoms with Crippen molar-refractivity contribution in [2.24, 2.45) is 11.8 Å². The summed E-state index contributed by atoms with van der Waals surface area (Å²) >= 11 is 0. The maximum Gasteiger partial charge on any atom is 0.394 e. The molecule has 1 saturated heterocycles. The molecule has 2 aromatic rings. The van der Waals surface area contributed by atoms with Crippen molar-refractivity contribution in [2.75, 3.05) is 30.4 Å². The predicted molar refractivity (Wildman–Crippen MR) is 82.0 cm³/mol. The highest BCUT2D eigenvalue weighted by atomic mass is 19.4. The Balaban J connectivity index is 2.00. The first kappa shape index (κ1) is 16.3. The number of rotatable bonds is 3. The summed E-state index contributed by atoms with van der Waals surface area (Å²) in [5.74, 6) is -4.36. The number of alkyl halides is 3. The number of carboxylic acid groups (broad SMARTS) is 1. The van der Waals surface area contributed by atoms with Crippen molar-refractivity contribution in [3.05, 3.63) is 24.3 Å². The van der Waals surface area contributed by atoms with Gasteiger partial charge < -0.3 is 15.3 Å². The van der Waals surface area contributed by atoms with E-state index in [1.54, 1.807) is 25.2 Å². The number of carbonyl (C=O) groups is 1. The van der Waals surface area contributed by atoms with Crippen LogP contribution in [0.25, 0.3) is 10.9 Å². The molecule has 0 amide bonds. The van der Waals surface area contributed by atoms with Gasteiger partial charge in [0.1, 0.15) is 5.82 Å². The van der Waals surface area contributed by atoms with Crippen LogP contribution in [0.3, 0.4) is 0 Å². The summed E-state index contributed by atoms with van der Waals surface area (Å²) in [5, 5.41) is 12.7. The number of hydrogen-bond donors (Lipinski definition) is 2. The van der Waals surface area contributed by atoms with Crippen LogP contribution in [0.15, 0.2) is 24.3 Å². The molecule has 24 heavy (non-hydrogen) atoms. The van der Waals surface area contributed by atoms with Gasteiger partial charge in [-0.15, -0.1) is 0 Å². The van der Waals surface area contributed by atoms with E-state index in [0.29, 0.717) is 11.3 Å². The Labute approximate surface area is 135 Å². The molecule has 1 fully saturated rings. The van der Waals surface area contributed by atoms with Crippen LogP contribution in [0.4, 0.5) is 24.9 Å². The molecule has 0 spiro atoms.